The highest BCUT2D eigenvalue weighted by atomic mass is 16.3. The van der Waals surface area contributed by atoms with Gasteiger partial charge in [-0.1, -0.05) is 0 Å². The van der Waals surface area contributed by atoms with Crippen LogP contribution in [0.1, 0.15) is 38.5 Å². The molecule has 3 heterocycles. The van der Waals surface area contributed by atoms with E-state index in [9.17, 15) is 19.5 Å². The van der Waals surface area contributed by atoms with Crippen molar-refractivity contribution in [1.29, 1.82) is 0 Å². The number of aromatic nitrogens is 4. The molecule has 0 unspecified atom stereocenters. The van der Waals surface area contributed by atoms with Gasteiger partial charge in [0.05, 0.1) is 11.4 Å². The highest BCUT2D eigenvalue weighted by Gasteiger charge is 2.23. The van der Waals surface area contributed by atoms with Gasteiger partial charge in [-0.15, -0.1) is 0 Å². The molecule has 146 valence electrons. The topological polar surface area (TPSA) is 123 Å². The summed E-state index contributed by atoms with van der Waals surface area (Å²) in [4.78, 5) is 40.4. The van der Waals surface area contributed by atoms with E-state index in [-0.39, 0.29) is 28.7 Å². The van der Waals surface area contributed by atoms with Gasteiger partial charge in [0.1, 0.15) is 5.69 Å². The molecule has 0 aliphatic carbocycles. The van der Waals surface area contributed by atoms with Crippen molar-refractivity contribution in [3.8, 4) is 5.75 Å². The molecule has 0 bridgehead atoms. The van der Waals surface area contributed by atoms with Crippen molar-refractivity contribution in [3.63, 3.8) is 0 Å². The number of amides is 2. The summed E-state index contributed by atoms with van der Waals surface area (Å²) < 4.78 is 4.53. The van der Waals surface area contributed by atoms with Crippen molar-refractivity contribution in [2.75, 3.05) is 10.6 Å². The maximum Gasteiger partial charge on any atom is 0.291 e. The molecule has 0 radical (unpaired) electrons. The Morgan fingerprint density at radius 3 is 2.29 bits per heavy atom. The third-order valence-corrected chi connectivity index (χ3v) is 4.27. The molecule has 0 spiro atoms. The number of anilines is 2. The summed E-state index contributed by atoms with van der Waals surface area (Å²) in [6.45, 7) is 1.43. The van der Waals surface area contributed by atoms with E-state index in [1.54, 1.807) is 44.2 Å². The lowest BCUT2D eigenvalue weighted by molar-refractivity contribution is 0.0998. The van der Waals surface area contributed by atoms with Crippen LogP contribution in [0.2, 0.25) is 0 Å². The monoisotopic (exact) mass is 384 g/mol. The van der Waals surface area contributed by atoms with Gasteiger partial charge in [-0.2, -0.15) is 0 Å². The first-order chi connectivity index (χ1) is 13.2. The third kappa shape index (κ3) is 3.39. The number of carbonyl (C=O) groups is 3. The number of imidazole rings is 1. The molecule has 0 atom stereocenters. The summed E-state index contributed by atoms with van der Waals surface area (Å²) in [6.07, 6.45) is 6.12. The van der Waals surface area contributed by atoms with E-state index >= 15 is 0 Å². The first-order valence-corrected chi connectivity index (χ1v) is 8.34. The molecule has 3 N–H and O–H groups in total. The number of rotatable bonds is 5. The number of ketones is 1. The van der Waals surface area contributed by atoms with Crippen LogP contribution in [0, 0.1) is 0 Å². The fourth-order valence-electron chi connectivity index (χ4n) is 2.91. The molecule has 0 aliphatic heterocycles. The van der Waals surface area contributed by atoms with Gasteiger partial charge < -0.3 is 29.4 Å². The third-order valence-electron chi connectivity index (χ3n) is 4.27. The smallest absolute Gasteiger partial charge is 0.291 e. The molecule has 0 fully saturated rings. The molecule has 3 rings (SSSR count). The van der Waals surface area contributed by atoms with Gasteiger partial charge in [-0.3, -0.25) is 14.4 Å². The van der Waals surface area contributed by atoms with E-state index in [1.807, 2.05) is 0 Å². The summed E-state index contributed by atoms with van der Waals surface area (Å²) in [7, 11) is 4.93. The number of aromatic hydroxyl groups is 1. The van der Waals surface area contributed by atoms with Crippen LogP contribution >= 0.6 is 0 Å². The second kappa shape index (κ2) is 7.06. The van der Waals surface area contributed by atoms with Crippen LogP contribution in [0.4, 0.5) is 11.4 Å². The summed E-state index contributed by atoms with van der Waals surface area (Å²) in [5.74, 6) is -1.45. The minimum Gasteiger partial charge on any atom is -0.504 e. The van der Waals surface area contributed by atoms with Crippen LogP contribution < -0.4 is 10.6 Å². The van der Waals surface area contributed by atoms with Crippen LogP contribution in [0.3, 0.4) is 0 Å². The summed E-state index contributed by atoms with van der Waals surface area (Å²) in [5, 5.41) is 15.6. The summed E-state index contributed by atoms with van der Waals surface area (Å²) in [5.41, 5.74) is 0.896. The van der Waals surface area contributed by atoms with Crippen LogP contribution in [0.5, 0.6) is 5.75 Å². The Balaban J connectivity index is 1.82. The minimum absolute atomic E-state index is 0.0385. The maximum atomic E-state index is 12.6. The van der Waals surface area contributed by atoms with Crippen LogP contribution in [0.15, 0.2) is 30.9 Å². The SMILES string of the molecule is CC(=O)c1cc(NC(=O)c2c(O)c(NC(=O)c3nccn3C)cn2C)cn1C. The fraction of sp³-hybridized carbons (Fsp3) is 0.222. The standard InChI is InChI=1S/C18H20N6O4/c1-10(25)13-7-11(8-23(13)3)20-17(27)14-15(26)12(9-24(14)4)21-18(28)16-19-5-6-22(16)2/h5-9,26H,1-4H3,(H,20,27)(H,21,28). The Labute approximate surface area is 160 Å². The molecule has 28 heavy (non-hydrogen) atoms. The quantitative estimate of drug-likeness (QED) is 0.576. The first kappa shape index (κ1) is 19.0. The highest BCUT2D eigenvalue weighted by molar-refractivity contribution is 6.09. The van der Waals surface area contributed by atoms with Crippen LogP contribution in [-0.4, -0.2) is 41.4 Å². The van der Waals surface area contributed by atoms with E-state index in [1.165, 1.54) is 28.5 Å². The molecule has 2 amide bonds. The lowest BCUT2D eigenvalue weighted by Crippen LogP contribution is -2.16. The number of hydrogen-bond donors (Lipinski definition) is 3. The normalized spacial score (nSPS) is 10.7. The Morgan fingerprint density at radius 1 is 1.00 bits per heavy atom. The van der Waals surface area contributed by atoms with Crippen molar-refractivity contribution >= 4 is 29.0 Å². The Morgan fingerprint density at radius 2 is 1.71 bits per heavy atom. The zero-order valence-electron chi connectivity index (χ0n) is 15.8. The van der Waals surface area contributed by atoms with Gasteiger partial charge in [0.15, 0.2) is 23.1 Å². The molecule has 10 heteroatoms. The zero-order valence-corrected chi connectivity index (χ0v) is 15.8. The van der Waals surface area contributed by atoms with Gasteiger partial charge in [0.2, 0.25) is 0 Å². The Hall–Kier alpha value is -3.82. The van der Waals surface area contributed by atoms with Gasteiger partial charge in [0.25, 0.3) is 11.8 Å². The molecular weight excluding hydrogens is 364 g/mol. The van der Waals surface area contributed by atoms with E-state index < -0.39 is 11.8 Å². The second-order valence-electron chi connectivity index (χ2n) is 6.40. The number of Topliss-reactive ketones (excluding diaryl/α,β-unsaturated/α-hetero) is 1. The van der Waals surface area contributed by atoms with E-state index in [2.05, 4.69) is 15.6 Å². The molecular formula is C18H20N6O4. The lowest BCUT2D eigenvalue weighted by Gasteiger charge is -2.05. The lowest BCUT2D eigenvalue weighted by atomic mass is 10.3. The largest absolute Gasteiger partial charge is 0.504 e. The van der Waals surface area contributed by atoms with Gasteiger partial charge in [-0.25, -0.2) is 4.98 Å². The van der Waals surface area contributed by atoms with Crippen molar-refractivity contribution in [3.05, 3.63) is 48.1 Å². The zero-order chi connectivity index (χ0) is 20.6. The predicted molar refractivity (Wildman–Crippen MR) is 102 cm³/mol. The molecule has 0 aromatic carbocycles. The number of nitrogens with zero attached hydrogens (tertiary/aromatic N) is 4. The van der Waals surface area contributed by atoms with Gasteiger partial charge in [0, 0.05) is 52.9 Å². The molecule has 0 saturated heterocycles. The molecule has 0 saturated carbocycles. The number of nitrogens with one attached hydrogen (secondary N) is 2. The van der Waals surface area contributed by atoms with Crippen molar-refractivity contribution in [2.24, 2.45) is 21.1 Å². The van der Waals surface area contributed by atoms with Crippen molar-refractivity contribution in [1.82, 2.24) is 18.7 Å². The van der Waals surface area contributed by atoms with E-state index in [0.717, 1.165) is 0 Å². The fourth-order valence-corrected chi connectivity index (χ4v) is 2.91. The number of hydrogen-bond acceptors (Lipinski definition) is 5. The molecule has 10 nitrogen and oxygen atoms in total. The minimum atomic E-state index is -0.585. The maximum absolute atomic E-state index is 12.6. The Bertz CT molecular complexity index is 1090. The number of aryl methyl sites for hydroxylation is 3. The molecule has 0 aliphatic rings. The molecule has 3 aromatic rings. The summed E-state index contributed by atoms with van der Waals surface area (Å²) in [6, 6.07) is 1.55. The van der Waals surface area contributed by atoms with Crippen molar-refractivity contribution in [2.45, 2.75) is 6.92 Å². The van der Waals surface area contributed by atoms with Gasteiger partial charge in [-0.05, 0) is 6.07 Å². The van der Waals surface area contributed by atoms with Crippen LogP contribution in [-0.2, 0) is 21.1 Å². The second-order valence-corrected chi connectivity index (χ2v) is 6.40. The van der Waals surface area contributed by atoms with Crippen molar-refractivity contribution < 1.29 is 19.5 Å². The number of carbonyl (C=O) groups excluding carboxylic acids is 3. The first-order valence-electron chi connectivity index (χ1n) is 8.34. The van der Waals surface area contributed by atoms with E-state index in [4.69, 9.17) is 0 Å². The average molecular weight is 384 g/mol. The van der Waals surface area contributed by atoms with E-state index in [0.29, 0.717) is 11.4 Å². The predicted octanol–water partition coefficient (Wildman–Crippen LogP) is 1.51. The Kier molecular flexibility index (Phi) is 4.78. The summed E-state index contributed by atoms with van der Waals surface area (Å²) >= 11 is 0. The van der Waals surface area contributed by atoms with Crippen LogP contribution in [0.25, 0.3) is 0 Å². The average Bonchev–Trinajstić information content (AvgIpc) is 3.26. The van der Waals surface area contributed by atoms with Gasteiger partial charge >= 0.3 is 0 Å². The molecule has 3 aromatic heterocycles. The highest BCUT2D eigenvalue weighted by Crippen LogP contribution is 2.30.